The van der Waals surface area contributed by atoms with Crippen molar-refractivity contribution in [2.75, 3.05) is 12.3 Å². The van der Waals surface area contributed by atoms with E-state index in [1.54, 1.807) is 11.8 Å². The SMILES string of the molecule is O=c1[nH]c2ccc(C3=NN=C(NCCc4ccc(Cl)cc4)SC3)cc2[nH]1. The maximum absolute atomic E-state index is 11.4. The van der Waals surface area contributed by atoms with Crippen LogP contribution in [0.4, 0.5) is 0 Å². The van der Waals surface area contributed by atoms with E-state index in [9.17, 15) is 4.79 Å². The van der Waals surface area contributed by atoms with Crippen LogP contribution in [0.25, 0.3) is 11.0 Å². The van der Waals surface area contributed by atoms with Gasteiger partial charge in [-0.15, -0.1) is 5.10 Å². The maximum Gasteiger partial charge on any atom is 0.323 e. The number of benzene rings is 2. The molecule has 1 aliphatic rings. The molecule has 0 atom stereocenters. The van der Waals surface area contributed by atoms with Crippen LogP contribution in [-0.4, -0.2) is 33.1 Å². The predicted octanol–water partition coefficient (Wildman–Crippen LogP) is 3.15. The first-order valence-corrected chi connectivity index (χ1v) is 9.52. The second-order valence-electron chi connectivity index (χ2n) is 5.88. The van der Waals surface area contributed by atoms with Crippen molar-refractivity contribution in [1.29, 1.82) is 0 Å². The smallest absolute Gasteiger partial charge is 0.323 e. The summed E-state index contributed by atoms with van der Waals surface area (Å²) in [7, 11) is 0. The van der Waals surface area contributed by atoms with Gasteiger partial charge in [0.15, 0.2) is 5.17 Å². The third kappa shape index (κ3) is 3.84. The summed E-state index contributed by atoms with van der Waals surface area (Å²) in [4.78, 5) is 16.9. The van der Waals surface area contributed by atoms with E-state index in [0.717, 1.165) is 51.2 Å². The minimum Gasteiger partial charge on any atom is -0.363 e. The first kappa shape index (κ1) is 16.9. The van der Waals surface area contributed by atoms with Crippen molar-refractivity contribution in [2.45, 2.75) is 6.42 Å². The second-order valence-corrected chi connectivity index (χ2v) is 7.28. The topological polar surface area (TPSA) is 85.4 Å². The number of aromatic nitrogens is 2. The lowest BCUT2D eigenvalue weighted by molar-refractivity contribution is 0.870. The van der Waals surface area contributed by atoms with Gasteiger partial charge in [0.05, 0.1) is 16.7 Å². The van der Waals surface area contributed by atoms with Crippen LogP contribution >= 0.6 is 23.4 Å². The van der Waals surface area contributed by atoms with Crippen molar-refractivity contribution in [2.24, 2.45) is 10.2 Å². The molecule has 0 saturated heterocycles. The second kappa shape index (κ2) is 7.39. The summed E-state index contributed by atoms with van der Waals surface area (Å²) < 4.78 is 0. The van der Waals surface area contributed by atoms with Gasteiger partial charge in [-0.2, -0.15) is 5.10 Å². The fraction of sp³-hybridized carbons (Fsp3) is 0.167. The van der Waals surface area contributed by atoms with Gasteiger partial charge in [-0.25, -0.2) is 4.79 Å². The quantitative estimate of drug-likeness (QED) is 0.644. The fourth-order valence-corrected chi connectivity index (χ4v) is 3.63. The number of fused-ring (bicyclic) bond motifs is 1. The minimum atomic E-state index is -0.206. The molecule has 0 radical (unpaired) electrons. The molecule has 0 amide bonds. The van der Waals surface area contributed by atoms with Crippen LogP contribution in [0, 0.1) is 0 Å². The molecule has 6 nitrogen and oxygen atoms in total. The van der Waals surface area contributed by atoms with Crippen molar-refractivity contribution >= 4 is 45.3 Å². The molecule has 2 heterocycles. The van der Waals surface area contributed by atoms with Crippen LogP contribution in [0.3, 0.4) is 0 Å². The summed E-state index contributed by atoms with van der Waals surface area (Å²) in [5.41, 5.74) is 4.43. The van der Waals surface area contributed by atoms with Gasteiger partial charge < -0.3 is 15.3 Å². The number of amidine groups is 1. The Bertz CT molecular complexity index is 1050. The van der Waals surface area contributed by atoms with Crippen molar-refractivity contribution in [3.05, 3.63) is 69.1 Å². The highest BCUT2D eigenvalue weighted by molar-refractivity contribution is 8.14. The highest BCUT2D eigenvalue weighted by Gasteiger charge is 2.13. The lowest BCUT2D eigenvalue weighted by Crippen LogP contribution is -2.26. The van der Waals surface area contributed by atoms with Crippen molar-refractivity contribution in [3.8, 4) is 0 Å². The molecule has 0 bridgehead atoms. The summed E-state index contributed by atoms with van der Waals surface area (Å²) in [6, 6.07) is 13.6. The Labute approximate surface area is 158 Å². The molecule has 0 spiro atoms. The zero-order chi connectivity index (χ0) is 17.9. The Hall–Kier alpha value is -2.51. The molecule has 1 aromatic heterocycles. The average molecular weight is 386 g/mol. The van der Waals surface area contributed by atoms with Gasteiger partial charge in [-0.05, 0) is 36.2 Å². The van der Waals surface area contributed by atoms with Gasteiger partial charge in [0.25, 0.3) is 0 Å². The minimum absolute atomic E-state index is 0.206. The lowest BCUT2D eigenvalue weighted by atomic mass is 10.1. The van der Waals surface area contributed by atoms with Gasteiger partial charge in [-0.1, -0.05) is 41.6 Å². The highest BCUT2D eigenvalue weighted by Crippen LogP contribution is 2.17. The zero-order valence-electron chi connectivity index (χ0n) is 13.8. The number of hydrogen-bond acceptors (Lipinski definition) is 5. The van der Waals surface area contributed by atoms with E-state index in [-0.39, 0.29) is 5.69 Å². The summed E-state index contributed by atoms with van der Waals surface area (Å²) in [6.45, 7) is 0.787. The van der Waals surface area contributed by atoms with E-state index >= 15 is 0 Å². The average Bonchev–Trinajstić information content (AvgIpc) is 3.03. The van der Waals surface area contributed by atoms with Crippen LogP contribution in [0.2, 0.25) is 5.02 Å². The van der Waals surface area contributed by atoms with Crippen LogP contribution in [0.1, 0.15) is 11.1 Å². The first-order chi connectivity index (χ1) is 12.7. The van der Waals surface area contributed by atoms with Crippen molar-refractivity contribution < 1.29 is 0 Å². The molecule has 2 aromatic carbocycles. The van der Waals surface area contributed by atoms with Gasteiger partial charge in [-0.3, -0.25) is 0 Å². The van der Waals surface area contributed by atoms with Crippen LogP contribution in [-0.2, 0) is 6.42 Å². The maximum atomic E-state index is 11.4. The van der Waals surface area contributed by atoms with Crippen LogP contribution in [0.15, 0.2) is 57.5 Å². The number of H-pyrrole nitrogens is 2. The van der Waals surface area contributed by atoms with Crippen molar-refractivity contribution in [3.63, 3.8) is 0 Å². The van der Waals surface area contributed by atoms with Gasteiger partial charge in [0.2, 0.25) is 0 Å². The Morgan fingerprint density at radius 3 is 2.65 bits per heavy atom. The highest BCUT2D eigenvalue weighted by atomic mass is 35.5. The molecule has 3 aromatic rings. The molecule has 0 unspecified atom stereocenters. The molecule has 4 rings (SSSR count). The third-order valence-corrected chi connectivity index (χ3v) is 5.23. The summed E-state index contributed by atoms with van der Waals surface area (Å²) in [5.74, 6) is 0.729. The Morgan fingerprint density at radius 1 is 1.08 bits per heavy atom. The van der Waals surface area contributed by atoms with E-state index in [1.807, 2.05) is 42.5 Å². The number of aromatic amines is 2. The number of halogens is 1. The number of rotatable bonds is 4. The summed E-state index contributed by atoms with van der Waals surface area (Å²) in [5, 5.41) is 13.5. The van der Waals surface area contributed by atoms with Gasteiger partial charge in [0, 0.05) is 22.9 Å². The third-order valence-electron chi connectivity index (χ3n) is 4.06. The molecule has 26 heavy (non-hydrogen) atoms. The van der Waals surface area contributed by atoms with Crippen LogP contribution in [0.5, 0.6) is 0 Å². The molecule has 0 aliphatic carbocycles. The van der Waals surface area contributed by atoms with E-state index in [0.29, 0.717) is 0 Å². The molecule has 132 valence electrons. The lowest BCUT2D eigenvalue weighted by Gasteiger charge is -2.13. The van der Waals surface area contributed by atoms with Crippen LogP contribution < -0.4 is 11.0 Å². The number of nitrogens with zero attached hydrogens (tertiary/aromatic N) is 2. The Kier molecular flexibility index (Phi) is 4.81. The molecular formula is C18H16ClN5OS. The molecule has 8 heteroatoms. The first-order valence-electron chi connectivity index (χ1n) is 8.15. The number of hydrogen-bond donors (Lipinski definition) is 3. The standard InChI is InChI=1S/C18H16ClN5OS/c19-13-4-1-11(2-5-13)7-8-20-18-24-23-16(10-26-18)12-3-6-14-15(9-12)22-17(25)21-14/h1-6,9H,7-8,10H2,(H,20,24)(H2,21,22,25). The molecule has 0 saturated carbocycles. The molecule has 1 aliphatic heterocycles. The Morgan fingerprint density at radius 2 is 1.88 bits per heavy atom. The number of nitrogens with one attached hydrogen (secondary N) is 3. The van der Waals surface area contributed by atoms with Crippen molar-refractivity contribution in [1.82, 2.24) is 15.3 Å². The largest absolute Gasteiger partial charge is 0.363 e. The number of imidazole rings is 1. The molecule has 0 fully saturated rings. The van der Waals surface area contributed by atoms with Gasteiger partial charge in [0.1, 0.15) is 0 Å². The number of thioether (sulfide) groups is 1. The van der Waals surface area contributed by atoms with E-state index < -0.39 is 0 Å². The van der Waals surface area contributed by atoms with E-state index in [1.165, 1.54) is 5.56 Å². The normalized spacial score (nSPS) is 14.2. The molecule has 3 N–H and O–H groups in total. The monoisotopic (exact) mass is 385 g/mol. The summed E-state index contributed by atoms with van der Waals surface area (Å²) in [6.07, 6.45) is 0.894. The fourth-order valence-electron chi connectivity index (χ4n) is 2.70. The zero-order valence-corrected chi connectivity index (χ0v) is 15.3. The predicted molar refractivity (Wildman–Crippen MR) is 109 cm³/mol. The van der Waals surface area contributed by atoms with Gasteiger partial charge >= 0.3 is 5.69 Å². The van der Waals surface area contributed by atoms with E-state index in [4.69, 9.17) is 11.6 Å². The van der Waals surface area contributed by atoms with E-state index in [2.05, 4.69) is 25.5 Å². The molecular weight excluding hydrogens is 370 g/mol. The Balaban J connectivity index is 1.39. The summed E-state index contributed by atoms with van der Waals surface area (Å²) >= 11 is 7.51.